The molecule has 0 aliphatic rings. The molecule has 0 unspecified atom stereocenters. The van der Waals surface area contributed by atoms with Gasteiger partial charge in [0, 0.05) is 12.7 Å². The Morgan fingerprint density at radius 1 is 1.09 bits per heavy atom. The van der Waals surface area contributed by atoms with Crippen LogP contribution in [0.1, 0.15) is 44.4 Å². The van der Waals surface area contributed by atoms with Crippen LogP contribution in [0.3, 0.4) is 0 Å². The van der Waals surface area contributed by atoms with Gasteiger partial charge in [-0.1, -0.05) is 45.0 Å². The first-order valence-electron chi connectivity index (χ1n) is 8.01. The number of nitrogens with zero attached hydrogens (tertiary/aromatic N) is 2. The van der Waals surface area contributed by atoms with E-state index in [1.165, 1.54) is 5.56 Å². The van der Waals surface area contributed by atoms with Gasteiger partial charge in [0.15, 0.2) is 9.84 Å². The Hall–Kier alpha value is -1.62. The van der Waals surface area contributed by atoms with Crippen LogP contribution in [0.2, 0.25) is 0 Å². The minimum atomic E-state index is -3.12. The van der Waals surface area contributed by atoms with E-state index in [1.54, 1.807) is 6.20 Å². The van der Waals surface area contributed by atoms with Crippen LogP contribution in [0.25, 0.3) is 0 Å². The molecule has 0 radical (unpaired) electrons. The molecule has 0 aliphatic heterocycles. The van der Waals surface area contributed by atoms with Crippen molar-refractivity contribution in [1.82, 2.24) is 9.78 Å². The van der Waals surface area contributed by atoms with Gasteiger partial charge in [-0.3, -0.25) is 4.68 Å². The molecular weight excluding hydrogens is 308 g/mol. The van der Waals surface area contributed by atoms with Crippen LogP contribution in [-0.2, 0) is 34.0 Å². The lowest BCUT2D eigenvalue weighted by Gasteiger charge is -2.19. The number of aryl methyl sites for hydroxylation is 2. The van der Waals surface area contributed by atoms with Crippen molar-refractivity contribution in [2.45, 2.75) is 51.8 Å². The number of benzene rings is 1. The quantitative estimate of drug-likeness (QED) is 0.814. The predicted molar refractivity (Wildman–Crippen MR) is 94.2 cm³/mol. The Balaban J connectivity index is 1.97. The van der Waals surface area contributed by atoms with E-state index in [-0.39, 0.29) is 16.9 Å². The van der Waals surface area contributed by atoms with Gasteiger partial charge in [0.2, 0.25) is 0 Å². The second-order valence-electron chi connectivity index (χ2n) is 6.99. The van der Waals surface area contributed by atoms with Crippen LogP contribution < -0.4 is 0 Å². The molecule has 0 bridgehead atoms. The maximum atomic E-state index is 12.3. The summed E-state index contributed by atoms with van der Waals surface area (Å²) in [6.07, 6.45) is 4.17. The summed E-state index contributed by atoms with van der Waals surface area (Å²) in [5.41, 5.74) is 3.11. The lowest BCUT2D eigenvalue weighted by atomic mass is 9.87. The van der Waals surface area contributed by atoms with Gasteiger partial charge in [0.1, 0.15) is 0 Å². The van der Waals surface area contributed by atoms with Gasteiger partial charge in [-0.2, -0.15) is 5.10 Å². The molecule has 0 aliphatic carbocycles. The van der Waals surface area contributed by atoms with Crippen molar-refractivity contribution in [1.29, 1.82) is 0 Å². The largest absolute Gasteiger partial charge is 0.273 e. The van der Waals surface area contributed by atoms with Crippen molar-refractivity contribution in [2.24, 2.45) is 0 Å². The van der Waals surface area contributed by atoms with Gasteiger partial charge in [0.05, 0.1) is 17.7 Å². The van der Waals surface area contributed by atoms with E-state index in [0.717, 1.165) is 17.7 Å². The van der Waals surface area contributed by atoms with Crippen LogP contribution in [0.15, 0.2) is 36.7 Å². The molecule has 0 amide bonds. The molecule has 1 aromatic carbocycles. The number of hydrogen-bond acceptors (Lipinski definition) is 3. The smallest absolute Gasteiger partial charge is 0.154 e. The fraction of sp³-hybridized carbons (Fsp3) is 0.500. The molecule has 0 saturated carbocycles. The molecule has 23 heavy (non-hydrogen) atoms. The number of hydrogen-bond donors (Lipinski definition) is 0. The summed E-state index contributed by atoms with van der Waals surface area (Å²) >= 11 is 0. The van der Waals surface area contributed by atoms with E-state index in [4.69, 9.17) is 0 Å². The van der Waals surface area contributed by atoms with Crippen LogP contribution >= 0.6 is 0 Å². The summed E-state index contributed by atoms with van der Waals surface area (Å²) < 4.78 is 26.4. The molecule has 2 aromatic rings. The monoisotopic (exact) mass is 334 g/mol. The van der Waals surface area contributed by atoms with Crippen molar-refractivity contribution >= 4 is 9.84 Å². The summed E-state index contributed by atoms with van der Waals surface area (Å²) in [5.74, 6) is 0.253. The molecule has 0 spiro atoms. The van der Waals surface area contributed by atoms with Gasteiger partial charge >= 0.3 is 0 Å². The lowest BCUT2D eigenvalue weighted by molar-refractivity contribution is 0.589. The molecule has 2 rings (SSSR count). The van der Waals surface area contributed by atoms with Crippen molar-refractivity contribution in [3.8, 4) is 0 Å². The van der Waals surface area contributed by atoms with E-state index < -0.39 is 9.84 Å². The third kappa shape index (κ3) is 5.20. The normalized spacial score (nSPS) is 12.5. The van der Waals surface area contributed by atoms with E-state index in [2.05, 4.69) is 25.9 Å². The Bertz CT molecular complexity index is 738. The molecule has 4 nitrogen and oxygen atoms in total. The van der Waals surface area contributed by atoms with E-state index in [0.29, 0.717) is 6.42 Å². The van der Waals surface area contributed by atoms with E-state index in [1.807, 2.05) is 42.1 Å². The molecule has 0 N–H and O–H groups in total. The molecule has 0 fully saturated rings. The Morgan fingerprint density at radius 3 is 2.26 bits per heavy atom. The van der Waals surface area contributed by atoms with Crippen LogP contribution in [0.5, 0.6) is 0 Å². The summed E-state index contributed by atoms with van der Waals surface area (Å²) in [5, 5.41) is 4.17. The standard InChI is InChI=1S/C18H26N2O2S/c1-5-20-13-16(12-19-20)10-11-23(21,22)14-15-6-8-17(9-7-15)18(2,3)4/h6-9,12-13H,5,10-11,14H2,1-4H3. The van der Waals surface area contributed by atoms with Crippen LogP contribution in [-0.4, -0.2) is 24.0 Å². The second kappa shape index (κ2) is 6.87. The zero-order valence-electron chi connectivity index (χ0n) is 14.4. The third-order valence-electron chi connectivity index (χ3n) is 3.92. The topological polar surface area (TPSA) is 52.0 Å². The molecule has 126 valence electrons. The highest BCUT2D eigenvalue weighted by molar-refractivity contribution is 7.90. The maximum absolute atomic E-state index is 12.3. The first kappa shape index (κ1) is 17.7. The number of rotatable bonds is 6. The highest BCUT2D eigenvalue weighted by Gasteiger charge is 2.16. The Kier molecular flexibility index (Phi) is 5.30. The van der Waals surface area contributed by atoms with E-state index >= 15 is 0 Å². The molecule has 1 heterocycles. The van der Waals surface area contributed by atoms with Crippen molar-refractivity contribution in [3.05, 3.63) is 53.3 Å². The minimum absolute atomic E-state index is 0.0802. The maximum Gasteiger partial charge on any atom is 0.154 e. The van der Waals surface area contributed by atoms with Crippen LogP contribution in [0.4, 0.5) is 0 Å². The Morgan fingerprint density at radius 2 is 1.74 bits per heavy atom. The molecule has 5 heteroatoms. The SMILES string of the molecule is CCn1cc(CCS(=O)(=O)Cc2ccc(C(C)(C)C)cc2)cn1. The average molecular weight is 334 g/mol. The van der Waals surface area contributed by atoms with E-state index in [9.17, 15) is 8.42 Å². The second-order valence-corrected chi connectivity index (χ2v) is 9.18. The number of sulfone groups is 1. The first-order valence-corrected chi connectivity index (χ1v) is 9.83. The Labute approximate surface area is 139 Å². The average Bonchev–Trinajstić information content (AvgIpc) is 2.92. The van der Waals surface area contributed by atoms with Gasteiger partial charge < -0.3 is 0 Å². The third-order valence-corrected chi connectivity index (χ3v) is 5.52. The van der Waals surface area contributed by atoms with Gasteiger partial charge in [0.25, 0.3) is 0 Å². The van der Waals surface area contributed by atoms with Crippen LogP contribution in [0, 0.1) is 0 Å². The highest BCUT2D eigenvalue weighted by atomic mass is 32.2. The summed E-state index contributed by atoms with van der Waals surface area (Å²) in [6, 6.07) is 7.90. The molecular formula is C18H26N2O2S. The minimum Gasteiger partial charge on any atom is -0.273 e. The predicted octanol–water partition coefficient (Wildman–Crippen LogP) is 3.36. The van der Waals surface area contributed by atoms with Crippen molar-refractivity contribution in [3.63, 3.8) is 0 Å². The summed E-state index contributed by atoms with van der Waals surface area (Å²) in [4.78, 5) is 0. The molecule has 0 saturated heterocycles. The number of aromatic nitrogens is 2. The zero-order chi connectivity index (χ0) is 17.1. The molecule has 0 atom stereocenters. The zero-order valence-corrected chi connectivity index (χ0v) is 15.2. The first-order chi connectivity index (χ1) is 10.7. The van der Waals surface area contributed by atoms with Crippen molar-refractivity contribution < 1.29 is 8.42 Å². The summed E-state index contributed by atoms with van der Waals surface area (Å²) in [6.45, 7) is 9.25. The lowest BCUT2D eigenvalue weighted by Crippen LogP contribution is -2.13. The fourth-order valence-electron chi connectivity index (χ4n) is 2.41. The highest BCUT2D eigenvalue weighted by Crippen LogP contribution is 2.22. The summed E-state index contributed by atoms with van der Waals surface area (Å²) in [7, 11) is -3.12. The molecule has 1 aromatic heterocycles. The fourth-order valence-corrected chi connectivity index (χ4v) is 3.80. The van der Waals surface area contributed by atoms with Gasteiger partial charge in [-0.05, 0) is 35.4 Å². The van der Waals surface area contributed by atoms with Gasteiger partial charge in [-0.15, -0.1) is 0 Å². The van der Waals surface area contributed by atoms with Gasteiger partial charge in [-0.25, -0.2) is 8.42 Å². The van der Waals surface area contributed by atoms with Crippen molar-refractivity contribution in [2.75, 3.05) is 5.75 Å².